The van der Waals surface area contributed by atoms with Gasteiger partial charge in [-0.3, -0.25) is 4.79 Å². The molecule has 0 saturated carbocycles. The lowest BCUT2D eigenvalue weighted by molar-refractivity contribution is 0.0992. The van der Waals surface area contributed by atoms with E-state index in [2.05, 4.69) is 0 Å². The number of ether oxygens (including phenoxy) is 1. The minimum atomic E-state index is -0.788. The van der Waals surface area contributed by atoms with Crippen LogP contribution in [0, 0.1) is 15.2 Å². The molecule has 2 aromatic rings. The van der Waals surface area contributed by atoms with Gasteiger partial charge in [-0.2, -0.15) is 0 Å². The fourth-order valence-electron chi connectivity index (χ4n) is 2.92. The number of benzene rings is 2. The molecular weight excluding hydrogens is 455 g/mol. The van der Waals surface area contributed by atoms with Gasteiger partial charge < -0.3 is 15.6 Å². The zero-order chi connectivity index (χ0) is 18.8. The minimum Gasteiger partial charge on any atom is -0.485 e. The van der Waals surface area contributed by atoms with Gasteiger partial charge in [-0.25, -0.2) is 8.78 Å². The topological polar surface area (TPSA) is 72.6 Å². The summed E-state index contributed by atoms with van der Waals surface area (Å²) in [5, 5.41) is 9.54. The van der Waals surface area contributed by atoms with Crippen LogP contribution < -0.4 is 10.5 Å². The Morgan fingerprint density at radius 1 is 1.23 bits per heavy atom. The Kier molecular flexibility index (Phi) is 5.57. The number of hydrogen-bond acceptors (Lipinski definition) is 3. The molecule has 0 radical (unpaired) electrons. The summed E-state index contributed by atoms with van der Waals surface area (Å²) in [5.74, 6) is -1.86. The van der Waals surface area contributed by atoms with E-state index in [-0.39, 0.29) is 23.3 Å². The normalized spacial score (nSPS) is 18.9. The van der Waals surface area contributed by atoms with E-state index in [4.69, 9.17) is 10.5 Å². The number of carbonyl (C=O) groups is 1. The first-order chi connectivity index (χ1) is 12.3. The van der Waals surface area contributed by atoms with Crippen LogP contribution in [0.5, 0.6) is 5.75 Å². The summed E-state index contributed by atoms with van der Waals surface area (Å²) in [7, 11) is 0. The Bertz CT molecular complexity index is 885. The second-order valence-corrected chi connectivity index (χ2v) is 7.30. The maximum absolute atomic E-state index is 14.2. The predicted molar refractivity (Wildman–Crippen MR) is 101 cm³/mol. The third-order valence-electron chi connectivity index (χ3n) is 4.09. The Balaban J connectivity index is 1.98. The lowest BCUT2D eigenvalue weighted by Gasteiger charge is -2.18. The van der Waals surface area contributed by atoms with Crippen LogP contribution in [0.15, 0.2) is 42.5 Å². The maximum Gasteiger partial charge on any atom is 0.252 e. The molecule has 26 heavy (non-hydrogen) atoms. The molecule has 0 spiro atoms. The molecule has 3 N–H and O–H groups in total. The van der Waals surface area contributed by atoms with Gasteiger partial charge in [0.25, 0.3) is 5.91 Å². The monoisotopic (exact) mass is 471 g/mol. The number of carbonyl (C=O) groups excluding carboxylic acids is 1. The Morgan fingerprint density at radius 2 is 2.00 bits per heavy atom. The van der Waals surface area contributed by atoms with Crippen molar-refractivity contribution in [3.8, 4) is 5.75 Å². The quantitative estimate of drug-likeness (QED) is 0.520. The standard InChI is InChI=1S/C19H16F2INO3/c20-12-6-11(5-10-1-2-13(22)8-16(10)21)18(19(23)25)17(7-12)26-15-4-3-14(24)9-15/h1-4,6-8,14-15,24H,5,9H2,(H2,23,25)/t14-,15+/m1/s1. The van der Waals surface area contributed by atoms with E-state index in [1.54, 1.807) is 24.3 Å². The summed E-state index contributed by atoms with van der Waals surface area (Å²) in [5.41, 5.74) is 6.06. The van der Waals surface area contributed by atoms with Gasteiger partial charge in [-0.15, -0.1) is 0 Å². The van der Waals surface area contributed by atoms with Crippen LogP contribution in [0.4, 0.5) is 8.78 Å². The lowest BCUT2D eigenvalue weighted by atomic mass is 9.98. The van der Waals surface area contributed by atoms with Crippen molar-refractivity contribution in [3.05, 3.63) is 74.4 Å². The molecule has 2 atom stereocenters. The SMILES string of the molecule is NC(=O)c1c(Cc2ccc(I)cc2F)cc(F)cc1O[C@H]1C=C[C@@H](O)C1. The molecule has 2 aromatic carbocycles. The smallest absolute Gasteiger partial charge is 0.252 e. The maximum atomic E-state index is 14.2. The van der Waals surface area contributed by atoms with Gasteiger partial charge in [0.2, 0.25) is 0 Å². The first kappa shape index (κ1) is 18.8. The van der Waals surface area contributed by atoms with Crippen LogP contribution in [0.3, 0.4) is 0 Å². The van der Waals surface area contributed by atoms with Gasteiger partial charge in [-0.05, 0) is 58.0 Å². The van der Waals surface area contributed by atoms with Gasteiger partial charge in [-0.1, -0.05) is 12.1 Å². The van der Waals surface area contributed by atoms with Crippen molar-refractivity contribution in [3.63, 3.8) is 0 Å². The zero-order valence-electron chi connectivity index (χ0n) is 13.6. The van der Waals surface area contributed by atoms with Gasteiger partial charge >= 0.3 is 0 Å². The number of halogens is 3. The van der Waals surface area contributed by atoms with E-state index in [9.17, 15) is 18.7 Å². The van der Waals surface area contributed by atoms with Crippen molar-refractivity contribution in [1.82, 2.24) is 0 Å². The van der Waals surface area contributed by atoms with E-state index in [1.165, 1.54) is 6.07 Å². The van der Waals surface area contributed by atoms with Crippen molar-refractivity contribution >= 4 is 28.5 Å². The summed E-state index contributed by atoms with van der Waals surface area (Å²) in [4.78, 5) is 12.0. The number of aliphatic hydroxyl groups is 1. The van der Waals surface area contributed by atoms with Gasteiger partial charge in [0.05, 0.1) is 11.7 Å². The van der Waals surface area contributed by atoms with Crippen LogP contribution in [0.1, 0.15) is 27.9 Å². The third-order valence-corrected chi connectivity index (χ3v) is 4.76. The summed E-state index contributed by atoms with van der Waals surface area (Å²) in [6, 6.07) is 6.91. The molecule has 0 bridgehead atoms. The van der Waals surface area contributed by atoms with Gasteiger partial charge in [0.1, 0.15) is 23.5 Å². The van der Waals surface area contributed by atoms with Gasteiger partial charge in [0.15, 0.2) is 0 Å². The highest BCUT2D eigenvalue weighted by atomic mass is 127. The molecule has 0 unspecified atom stereocenters. The van der Waals surface area contributed by atoms with E-state index < -0.39 is 29.7 Å². The molecule has 1 amide bonds. The van der Waals surface area contributed by atoms with Crippen LogP contribution in [-0.4, -0.2) is 23.2 Å². The van der Waals surface area contributed by atoms with E-state index >= 15 is 0 Å². The fraction of sp³-hybridized carbons (Fsp3) is 0.211. The molecule has 0 aliphatic heterocycles. The minimum absolute atomic E-state index is 0.00171. The second kappa shape index (κ2) is 7.71. The summed E-state index contributed by atoms with van der Waals surface area (Å²) in [6.45, 7) is 0. The molecular formula is C19H16F2INO3. The van der Waals surface area contributed by atoms with Crippen molar-refractivity contribution in [1.29, 1.82) is 0 Å². The Morgan fingerprint density at radius 3 is 2.62 bits per heavy atom. The predicted octanol–water partition coefficient (Wildman–Crippen LogP) is 3.33. The number of rotatable bonds is 5. The van der Waals surface area contributed by atoms with Crippen LogP contribution in [0.2, 0.25) is 0 Å². The van der Waals surface area contributed by atoms with Crippen LogP contribution >= 0.6 is 22.6 Å². The largest absolute Gasteiger partial charge is 0.485 e. The summed E-state index contributed by atoms with van der Waals surface area (Å²) >= 11 is 1.99. The third kappa shape index (κ3) is 4.21. The number of nitrogens with two attached hydrogens (primary N) is 1. The van der Waals surface area contributed by atoms with Crippen LogP contribution in [0.25, 0.3) is 0 Å². The zero-order valence-corrected chi connectivity index (χ0v) is 15.7. The van der Waals surface area contributed by atoms with E-state index in [0.717, 1.165) is 15.7 Å². The molecule has 0 fully saturated rings. The number of aliphatic hydroxyl groups excluding tert-OH is 1. The van der Waals surface area contributed by atoms with E-state index in [0.29, 0.717) is 12.0 Å². The highest BCUT2D eigenvalue weighted by Gasteiger charge is 2.23. The molecule has 136 valence electrons. The fourth-order valence-corrected chi connectivity index (χ4v) is 3.37. The average Bonchev–Trinajstić information content (AvgIpc) is 2.94. The van der Waals surface area contributed by atoms with Crippen LogP contribution in [-0.2, 0) is 6.42 Å². The average molecular weight is 471 g/mol. The molecule has 1 aliphatic carbocycles. The Hall–Kier alpha value is -2.00. The summed E-state index contributed by atoms with van der Waals surface area (Å²) in [6.07, 6.45) is 2.36. The van der Waals surface area contributed by atoms with Gasteiger partial charge in [0, 0.05) is 22.5 Å². The highest BCUT2D eigenvalue weighted by molar-refractivity contribution is 14.1. The van der Waals surface area contributed by atoms with Crippen molar-refractivity contribution in [2.45, 2.75) is 25.0 Å². The highest BCUT2D eigenvalue weighted by Crippen LogP contribution is 2.29. The molecule has 4 nitrogen and oxygen atoms in total. The van der Waals surface area contributed by atoms with Crippen molar-refractivity contribution in [2.24, 2.45) is 5.73 Å². The van der Waals surface area contributed by atoms with Crippen molar-refractivity contribution in [2.75, 3.05) is 0 Å². The molecule has 1 aliphatic rings. The number of hydrogen-bond donors (Lipinski definition) is 2. The molecule has 0 heterocycles. The molecule has 7 heteroatoms. The first-order valence-corrected chi connectivity index (χ1v) is 9.00. The number of amides is 1. The molecule has 3 rings (SSSR count). The number of primary amides is 1. The first-order valence-electron chi connectivity index (χ1n) is 7.92. The van der Waals surface area contributed by atoms with Crippen molar-refractivity contribution < 1.29 is 23.4 Å². The van der Waals surface area contributed by atoms with E-state index in [1.807, 2.05) is 22.6 Å². The summed E-state index contributed by atoms with van der Waals surface area (Å²) < 4.78 is 34.6. The molecule has 0 saturated heterocycles. The second-order valence-electron chi connectivity index (χ2n) is 6.06. The molecule has 0 aromatic heterocycles. The lowest BCUT2D eigenvalue weighted by Crippen LogP contribution is -2.20. The Labute approximate surface area is 162 Å².